The Bertz CT molecular complexity index is 594. The van der Waals surface area contributed by atoms with Gasteiger partial charge in [-0.2, -0.15) is 0 Å². The molecule has 0 spiro atoms. The molecule has 3 nitrogen and oxygen atoms in total. The first-order valence-electron chi connectivity index (χ1n) is 7.37. The van der Waals surface area contributed by atoms with Crippen molar-refractivity contribution in [3.63, 3.8) is 0 Å². The lowest BCUT2D eigenvalue weighted by Crippen LogP contribution is -2.21. The Labute approximate surface area is 125 Å². The molecule has 0 aliphatic heterocycles. The van der Waals surface area contributed by atoms with Crippen LogP contribution < -0.4 is 10.5 Å². The highest BCUT2D eigenvalue weighted by Crippen LogP contribution is 2.37. The van der Waals surface area contributed by atoms with Gasteiger partial charge in [0.2, 0.25) is 0 Å². The highest BCUT2D eigenvalue weighted by atomic mass is 16.5. The predicted molar refractivity (Wildman–Crippen MR) is 83.1 cm³/mol. The van der Waals surface area contributed by atoms with Gasteiger partial charge >= 0.3 is 0 Å². The van der Waals surface area contributed by atoms with Gasteiger partial charge in [0.25, 0.3) is 0 Å². The molecule has 0 aromatic heterocycles. The van der Waals surface area contributed by atoms with E-state index in [1.165, 1.54) is 11.1 Å². The molecule has 2 atom stereocenters. The van der Waals surface area contributed by atoms with Crippen molar-refractivity contribution in [3.8, 4) is 5.75 Å². The molecule has 0 fully saturated rings. The monoisotopic (exact) mass is 283 g/mol. The van der Waals surface area contributed by atoms with Crippen molar-refractivity contribution in [2.24, 2.45) is 5.73 Å². The van der Waals surface area contributed by atoms with Crippen molar-refractivity contribution in [1.29, 1.82) is 0 Å². The molecule has 0 saturated heterocycles. The van der Waals surface area contributed by atoms with E-state index in [0.717, 1.165) is 24.2 Å². The first kappa shape index (κ1) is 14.1. The molecule has 2 N–H and O–H groups in total. The summed E-state index contributed by atoms with van der Waals surface area (Å²) in [6, 6.07) is 16.5. The second-order valence-electron chi connectivity index (χ2n) is 5.46. The molecule has 0 amide bonds. The molecule has 0 bridgehead atoms. The molecule has 2 aromatic carbocycles. The van der Waals surface area contributed by atoms with Crippen LogP contribution in [0.2, 0.25) is 0 Å². The Morgan fingerprint density at radius 2 is 1.71 bits per heavy atom. The van der Waals surface area contributed by atoms with Gasteiger partial charge in [-0.15, -0.1) is 0 Å². The standard InChI is InChI=1S/C18H21NO2/c1-20-14-8-6-13(7-9-14)12-21-18-11-10-17(19)15-4-2-3-5-16(15)18/h2-9,17-18H,10-12,19H2,1H3/t17-,18+/m1/s1. The third kappa shape index (κ3) is 3.09. The number of fused-ring (bicyclic) bond motifs is 1. The zero-order valence-corrected chi connectivity index (χ0v) is 12.3. The van der Waals surface area contributed by atoms with Gasteiger partial charge in [0, 0.05) is 6.04 Å². The second-order valence-corrected chi connectivity index (χ2v) is 5.46. The maximum atomic E-state index is 6.18. The maximum Gasteiger partial charge on any atom is 0.118 e. The minimum absolute atomic E-state index is 0.141. The van der Waals surface area contributed by atoms with Gasteiger partial charge in [0.15, 0.2) is 0 Å². The summed E-state index contributed by atoms with van der Waals surface area (Å²) >= 11 is 0. The van der Waals surface area contributed by atoms with E-state index >= 15 is 0 Å². The van der Waals surface area contributed by atoms with E-state index < -0.39 is 0 Å². The smallest absolute Gasteiger partial charge is 0.118 e. The molecule has 1 aliphatic carbocycles. The number of ether oxygens (including phenoxy) is 2. The van der Waals surface area contributed by atoms with Crippen molar-refractivity contribution in [3.05, 3.63) is 65.2 Å². The van der Waals surface area contributed by atoms with E-state index in [1.807, 2.05) is 30.3 Å². The van der Waals surface area contributed by atoms with Crippen LogP contribution in [0.4, 0.5) is 0 Å². The summed E-state index contributed by atoms with van der Waals surface area (Å²) in [7, 11) is 1.67. The SMILES string of the molecule is COc1ccc(CO[C@H]2CC[C@@H](N)c3ccccc32)cc1. The topological polar surface area (TPSA) is 44.5 Å². The number of benzene rings is 2. The fraction of sp³-hybridized carbons (Fsp3) is 0.333. The Kier molecular flexibility index (Phi) is 4.23. The molecule has 0 saturated carbocycles. The van der Waals surface area contributed by atoms with Crippen LogP contribution in [0.3, 0.4) is 0 Å². The molecule has 3 rings (SSSR count). The van der Waals surface area contributed by atoms with Gasteiger partial charge < -0.3 is 15.2 Å². The van der Waals surface area contributed by atoms with Crippen LogP contribution in [0.25, 0.3) is 0 Å². The highest BCUT2D eigenvalue weighted by Gasteiger charge is 2.25. The van der Waals surface area contributed by atoms with E-state index in [9.17, 15) is 0 Å². The number of rotatable bonds is 4. The molecule has 0 heterocycles. The van der Waals surface area contributed by atoms with Gasteiger partial charge in [0.05, 0.1) is 19.8 Å². The number of methoxy groups -OCH3 is 1. The van der Waals surface area contributed by atoms with Crippen molar-refractivity contribution >= 4 is 0 Å². The zero-order valence-electron chi connectivity index (χ0n) is 12.3. The Hall–Kier alpha value is -1.84. The first-order chi connectivity index (χ1) is 10.3. The summed E-state index contributed by atoms with van der Waals surface area (Å²) in [5.74, 6) is 0.868. The van der Waals surface area contributed by atoms with Crippen molar-refractivity contribution in [1.82, 2.24) is 0 Å². The highest BCUT2D eigenvalue weighted by molar-refractivity contribution is 5.34. The summed E-state index contributed by atoms with van der Waals surface area (Å²) in [4.78, 5) is 0. The minimum Gasteiger partial charge on any atom is -0.497 e. The third-order valence-corrected chi connectivity index (χ3v) is 4.09. The van der Waals surface area contributed by atoms with Crippen LogP contribution in [0, 0.1) is 0 Å². The van der Waals surface area contributed by atoms with Crippen LogP contribution >= 0.6 is 0 Å². The van der Waals surface area contributed by atoms with Crippen molar-refractivity contribution in [2.75, 3.05) is 7.11 Å². The van der Waals surface area contributed by atoms with Gasteiger partial charge in [0.1, 0.15) is 5.75 Å². The van der Waals surface area contributed by atoms with Crippen LogP contribution in [-0.4, -0.2) is 7.11 Å². The van der Waals surface area contributed by atoms with E-state index in [0.29, 0.717) is 6.61 Å². The Balaban J connectivity index is 1.69. The van der Waals surface area contributed by atoms with Gasteiger partial charge in [-0.05, 0) is 41.7 Å². The number of hydrogen-bond acceptors (Lipinski definition) is 3. The molecule has 3 heteroatoms. The minimum atomic E-state index is 0.141. The molecule has 21 heavy (non-hydrogen) atoms. The van der Waals surface area contributed by atoms with Crippen LogP contribution in [0.5, 0.6) is 5.75 Å². The van der Waals surface area contributed by atoms with Crippen LogP contribution in [0.1, 0.15) is 41.7 Å². The normalized spacial score (nSPS) is 20.9. The summed E-state index contributed by atoms with van der Waals surface area (Å²) < 4.78 is 11.3. The van der Waals surface area contributed by atoms with Gasteiger partial charge in [-0.3, -0.25) is 0 Å². The lowest BCUT2D eigenvalue weighted by Gasteiger charge is -2.29. The van der Waals surface area contributed by atoms with E-state index in [-0.39, 0.29) is 12.1 Å². The molecular weight excluding hydrogens is 262 g/mol. The largest absolute Gasteiger partial charge is 0.497 e. The molecule has 1 aliphatic rings. The van der Waals surface area contributed by atoms with E-state index in [2.05, 4.69) is 18.2 Å². The quantitative estimate of drug-likeness (QED) is 0.929. The van der Waals surface area contributed by atoms with Gasteiger partial charge in [-0.1, -0.05) is 36.4 Å². The van der Waals surface area contributed by atoms with Crippen molar-refractivity contribution in [2.45, 2.75) is 31.6 Å². The van der Waals surface area contributed by atoms with E-state index in [1.54, 1.807) is 7.11 Å². The molecule has 2 aromatic rings. The second kappa shape index (κ2) is 6.29. The molecule has 0 radical (unpaired) electrons. The Morgan fingerprint density at radius 1 is 1.00 bits per heavy atom. The maximum absolute atomic E-state index is 6.18. The summed E-state index contributed by atoms with van der Waals surface area (Å²) in [6.07, 6.45) is 2.10. The van der Waals surface area contributed by atoms with Crippen molar-refractivity contribution < 1.29 is 9.47 Å². The third-order valence-electron chi connectivity index (χ3n) is 4.09. The van der Waals surface area contributed by atoms with Crippen LogP contribution in [0.15, 0.2) is 48.5 Å². The fourth-order valence-corrected chi connectivity index (χ4v) is 2.88. The number of nitrogens with two attached hydrogens (primary N) is 1. The molecule has 0 unspecified atom stereocenters. The summed E-state index contributed by atoms with van der Waals surface area (Å²) in [6.45, 7) is 0.609. The fourth-order valence-electron chi connectivity index (χ4n) is 2.88. The lowest BCUT2D eigenvalue weighted by atomic mass is 9.86. The Morgan fingerprint density at radius 3 is 2.43 bits per heavy atom. The first-order valence-corrected chi connectivity index (χ1v) is 7.37. The average Bonchev–Trinajstić information content (AvgIpc) is 2.55. The summed E-state index contributed by atoms with van der Waals surface area (Å²) in [5.41, 5.74) is 9.80. The summed E-state index contributed by atoms with van der Waals surface area (Å²) in [5, 5.41) is 0. The van der Waals surface area contributed by atoms with Crippen LogP contribution in [-0.2, 0) is 11.3 Å². The molecular formula is C18H21NO2. The van der Waals surface area contributed by atoms with Gasteiger partial charge in [-0.25, -0.2) is 0 Å². The zero-order chi connectivity index (χ0) is 14.7. The van der Waals surface area contributed by atoms with E-state index in [4.69, 9.17) is 15.2 Å². The number of hydrogen-bond donors (Lipinski definition) is 1. The predicted octanol–water partition coefficient (Wildman–Crippen LogP) is 3.75. The lowest BCUT2D eigenvalue weighted by molar-refractivity contribution is 0.0258. The average molecular weight is 283 g/mol. The molecule has 110 valence electrons.